The average Bonchev–Trinajstić information content (AvgIpc) is 3.13. The van der Waals surface area contributed by atoms with Crippen molar-refractivity contribution in [2.24, 2.45) is 0 Å². The van der Waals surface area contributed by atoms with Crippen LogP contribution >= 0.6 is 11.6 Å². The number of hydrogen-bond acceptors (Lipinski definition) is 4. The van der Waals surface area contributed by atoms with Crippen molar-refractivity contribution in [1.29, 1.82) is 0 Å². The zero-order chi connectivity index (χ0) is 19.0. The molecule has 0 saturated heterocycles. The van der Waals surface area contributed by atoms with E-state index in [1.807, 2.05) is 35.0 Å². The van der Waals surface area contributed by atoms with Gasteiger partial charge in [0.15, 0.2) is 0 Å². The lowest BCUT2D eigenvalue weighted by Crippen LogP contribution is -2.09. The number of anilines is 1. The quantitative estimate of drug-likeness (QED) is 0.561. The minimum absolute atomic E-state index is 0.479. The minimum atomic E-state index is -3.36. The Bertz CT molecular complexity index is 1240. The highest BCUT2D eigenvalue weighted by Crippen LogP contribution is 2.30. The van der Waals surface area contributed by atoms with E-state index in [-0.39, 0.29) is 0 Å². The topological polar surface area (TPSA) is 76.9 Å². The third-order valence-corrected chi connectivity index (χ3v) is 4.84. The molecule has 4 rings (SSSR count). The fraction of sp³-hybridized carbons (Fsp3) is 0.0526. The average molecular weight is 399 g/mol. The molecule has 27 heavy (non-hydrogen) atoms. The van der Waals surface area contributed by atoms with Gasteiger partial charge in [0.2, 0.25) is 10.0 Å². The third kappa shape index (κ3) is 3.79. The van der Waals surface area contributed by atoms with Gasteiger partial charge in [0.05, 0.1) is 29.5 Å². The summed E-state index contributed by atoms with van der Waals surface area (Å²) >= 11 is 6.16. The van der Waals surface area contributed by atoms with Gasteiger partial charge >= 0.3 is 0 Å². The molecule has 4 aromatic rings. The molecule has 0 radical (unpaired) electrons. The van der Waals surface area contributed by atoms with Gasteiger partial charge in [-0.3, -0.25) is 4.72 Å². The van der Waals surface area contributed by atoms with Crippen molar-refractivity contribution in [3.05, 3.63) is 72.3 Å². The maximum atomic E-state index is 11.5. The number of fused-ring (bicyclic) bond motifs is 1. The molecule has 2 heterocycles. The number of pyridine rings is 1. The molecule has 2 aromatic carbocycles. The van der Waals surface area contributed by atoms with Crippen LogP contribution in [0.5, 0.6) is 0 Å². The number of imidazole rings is 1. The molecule has 0 bridgehead atoms. The van der Waals surface area contributed by atoms with Gasteiger partial charge in [-0.1, -0.05) is 23.7 Å². The molecule has 0 unspecified atom stereocenters. The van der Waals surface area contributed by atoms with E-state index in [1.54, 1.807) is 36.8 Å². The van der Waals surface area contributed by atoms with E-state index in [2.05, 4.69) is 9.71 Å². The molecule has 0 aliphatic rings. The SMILES string of the molecule is CS(=O)(=O)Nc1cccc(-c2cc(-n3ccnc3)c3ccc(Cl)cc3n2)c1. The third-order valence-electron chi connectivity index (χ3n) is 3.99. The van der Waals surface area contributed by atoms with E-state index in [4.69, 9.17) is 16.6 Å². The summed E-state index contributed by atoms with van der Waals surface area (Å²) in [5.41, 5.74) is 3.61. The number of hydrogen-bond donors (Lipinski definition) is 1. The highest BCUT2D eigenvalue weighted by atomic mass is 35.5. The first-order valence-electron chi connectivity index (χ1n) is 8.06. The molecule has 0 aliphatic carbocycles. The van der Waals surface area contributed by atoms with Crippen LogP contribution in [0.1, 0.15) is 0 Å². The first-order valence-corrected chi connectivity index (χ1v) is 10.3. The van der Waals surface area contributed by atoms with Gasteiger partial charge in [0.25, 0.3) is 0 Å². The van der Waals surface area contributed by atoms with Crippen LogP contribution in [0.4, 0.5) is 5.69 Å². The molecule has 2 aromatic heterocycles. The summed E-state index contributed by atoms with van der Waals surface area (Å²) in [7, 11) is -3.36. The molecule has 6 nitrogen and oxygen atoms in total. The van der Waals surface area contributed by atoms with Crippen molar-refractivity contribution in [2.45, 2.75) is 0 Å². The van der Waals surface area contributed by atoms with E-state index in [0.29, 0.717) is 16.4 Å². The fourth-order valence-corrected chi connectivity index (χ4v) is 3.62. The monoisotopic (exact) mass is 398 g/mol. The summed E-state index contributed by atoms with van der Waals surface area (Å²) < 4.78 is 27.4. The molecular weight excluding hydrogens is 384 g/mol. The second-order valence-corrected chi connectivity index (χ2v) is 8.30. The van der Waals surface area contributed by atoms with E-state index in [1.165, 1.54) is 0 Å². The maximum absolute atomic E-state index is 11.5. The van der Waals surface area contributed by atoms with E-state index in [9.17, 15) is 8.42 Å². The molecule has 1 N–H and O–H groups in total. The van der Waals surface area contributed by atoms with Crippen molar-refractivity contribution in [1.82, 2.24) is 14.5 Å². The second kappa shape index (κ2) is 6.68. The van der Waals surface area contributed by atoms with Crippen LogP contribution in [0, 0.1) is 0 Å². The van der Waals surface area contributed by atoms with Crippen LogP contribution < -0.4 is 4.72 Å². The Morgan fingerprint density at radius 3 is 2.70 bits per heavy atom. The highest BCUT2D eigenvalue weighted by Gasteiger charge is 2.11. The summed E-state index contributed by atoms with van der Waals surface area (Å²) in [6.07, 6.45) is 6.40. The summed E-state index contributed by atoms with van der Waals surface area (Å²) in [5, 5.41) is 1.53. The van der Waals surface area contributed by atoms with Gasteiger partial charge in [0, 0.05) is 34.1 Å². The van der Waals surface area contributed by atoms with Crippen LogP contribution in [0.2, 0.25) is 5.02 Å². The molecule has 0 aliphatic heterocycles. The van der Waals surface area contributed by atoms with Gasteiger partial charge in [-0.25, -0.2) is 18.4 Å². The van der Waals surface area contributed by atoms with Crippen molar-refractivity contribution in [2.75, 3.05) is 11.0 Å². The molecule has 0 amide bonds. The van der Waals surface area contributed by atoms with Gasteiger partial charge in [-0.05, 0) is 36.4 Å². The zero-order valence-electron chi connectivity index (χ0n) is 14.3. The lowest BCUT2D eigenvalue weighted by Gasteiger charge is -2.12. The Morgan fingerprint density at radius 1 is 1.11 bits per heavy atom. The normalized spacial score (nSPS) is 11.6. The van der Waals surface area contributed by atoms with Crippen molar-refractivity contribution in [3.63, 3.8) is 0 Å². The molecule has 0 saturated carbocycles. The largest absolute Gasteiger partial charge is 0.306 e. The Morgan fingerprint density at radius 2 is 1.96 bits per heavy atom. The predicted octanol–water partition coefficient (Wildman–Crippen LogP) is 4.11. The molecule has 8 heteroatoms. The van der Waals surface area contributed by atoms with Crippen LogP contribution in [0.3, 0.4) is 0 Å². The summed E-state index contributed by atoms with van der Waals surface area (Å²) in [6, 6.07) is 14.6. The highest BCUT2D eigenvalue weighted by molar-refractivity contribution is 7.92. The van der Waals surface area contributed by atoms with Crippen LogP contribution in [-0.4, -0.2) is 29.2 Å². The van der Waals surface area contributed by atoms with Gasteiger partial charge in [-0.15, -0.1) is 0 Å². The summed E-state index contributed by atoms with van der Waals surface area (Å²) in [5.74, 6) is 0. The number of rotatable bonds is 4. The predicted molar refractivity (Wildman–Crippen MR) is 108 cm³/mol. The smallest absolute Gasteiger partial charge is 0.229 e. The van der Waals surface area contributed by atoms with Crippen LogP contribution in [-0.2, 0) is 10.0 Å². The second-order valence-electron chi connectivity index (χ2n) is 6.11. The standard InChI is InChI=1S/C19H15ClN4O2S/c1-27(25,26)23-15-4-2-3-13(9-15)17-11-19(24-8-7-21-12-24)16-6-5-14(20)10-18(16)22-17/h2-12,23H,1H3. The van der Waals surface area contributed by atoms with Crippen molar-refractivity contribution in [3.8, 4) is 16.9 Å². The Kier molecular flexibility index (Phi) is 4.33. The summed E-state index contributed by atoms with van der Waals surface area (Å²) in [4.78, 5) is 8.84. The number of nitrogens with zero attached hydrogens (tertiary/aromatic N) is 3. The summed E-state index contributed by atoms with van der Waals surface area (Å²) in [6.45, 7) is 0. The van der Waals surface area contributed by atoms with Gasteiger partial charge in [-0.2, -0.15) is 0 Å². The molecule has 0 fully saturated rings. The number of nitrogens with one attached hydrogen (secondary N) is 1. The minimum Gasteiger partial charge on any atom is -0.306 e. The number of aromatic nitrogens is 3. The van der Waals surface area contributed by atoms with Crippen molar-refractivity contribution >= 4 is 38.2 Å². The first-order chi connectivity index (χ1) is 12.9. The molecular formula is C19H15ClN4O2S. The van der Waals surface area contributed by atoms with E-state index < -0.39 is 10.0 Å². The Hall–Kier alpha value is -2.90. The van der Waals surface area contributed by atoms with Crippen molar-refractivity contribution < 1.29 is 8.42 Å². The van der Waals surface area contributed by atoms with Gasteiger partial charge < -0.3 is 4.57 Å². The van der Waals surface area contributed by atoms with E-state index >= 15 is 0 Å². The van der Waals surface area contributed by atoms with E-state index in [0.717, 1.165) is 28.4 Å². The Labute approximate surface area is 161 Å². The number of halogens is 1. The number of benzene rings is 2. The van der Waals surface area contributed by atoms with Gasteiger partial charge in [0.1, 0.15) is 0 Å². The fourth-order valence-electron chi connectivity index (χ4n) is 2.90. The lowest BCUT2D eigenvalue weighted by atomic mass is 10.1. The zero-order valence-corrected chi connectivity index (χ0v) is 15.9. The van der Waals surface area contributed by atoms with Crippen LogP contribution in [0.25, 0.3) is 27.8 Å². The lowest BCUT2D eigenvalue weighted by molar-refractivity contribution is 0.607. The maximum Gasteiger partial charge on any atom is 0.229 e. The Balaban J connectivity index is 1.91. The molecule has 136 valence electrons. The first kappa shape index (κ1) is 17.5. The number of sulfonamides is 1. The van der Waals surface area contributed by atoms with Crippen LogP contribution in [0.15, 0.2) is 67.3 Å². The molecule has 0 spiro atoms. The molecule has 0 atom stereocenters.